The van der Waals surface area contributed by atoms with Gasteiger partial charge in [0.1, 0.15) is 0 Å². The number of hydrogen-bond donors (Lipinski definition) is 0. The van der Waals surface area contributed by atoms with Crippen LogP contribution in [0.5, 0.6) is 0 Å². The molecule has 14 heavy (non-hydrogen) atoms. The van der Waals surface area contributed by atoms with Crippen LogP contribution in [-0.4, -0.2) is 39.2 Å². The molecule has 0 saturated carbocycles. The van der Waals surface area contributed by atoms with Crippen molar-refractivity contribution < 1.29 is 9.63 Å². The number of amides is 1. The first-order chi connectivity index (χ1) is 6.69. The SMILES string of the molecule is CCN(CC)C(=O)On1nncc1I. The van der Waals surface area contributed by atoms with E-state index in [4.69, 9.17) is 4.84 Å². The number of rotatable bonds is 3. The lowest BCUT2D eigenvalue weighted by atomic mass is 10.6. The quantitative estimate of drug-likeness (QED) is 0.611. The van der Waals surface area contributed by atoms with Crippen molar-refractivity contribution in [2.45, 2.75) is 13.8 Å². The van der Waals surface area contributed by atoms with Crippen LogP contribution in [-0.2, 0) is 0 Å². The highest BCUT2D eigenvalue weighted by molar-refractivity contribution is 14.1. The molecule has 0 unspecified atom stereocenters. The predicted molar refractivity (Wildman–Crippen MR) is 57.6 cm³/mol. The third-order valence-corrected chi connectivity index (χ3v) is 2.36. The smallest absolute Gasteiger partial charge is 0.307 e. The maximum Gasteiger partial charge on any atom is 0.435 e. The van der Waals surface area contributed by atoms with Crippen molar-refractivity contribution in [1.82, 2.24) is 20.1 Å². The summed E-state index contributed by atoms with van der Waals surface area (Å²) >= 11 is 1.98. The second-order valence-corrected chi connectivity index (χ2v) is 3.56. The topological polar surface area (TPSA) is 60.2 Å². The van der Waals surface area contributed by atoms with Gasteiger partial charge >= 0.3 is 6.09 Å². The lowest BCUT2D eigenvalue weighted by Gasteiger charge is -2.16. The molecule has 6 nitrogen and oxygen atoms in total. The van der Waals surface area contributed by atoms with Crippen molar-refractivity contribution in [2.75, 3.05) is 13.1 Å². The highest BCUT2D eigenvalue weighted by Crippen LogP contribution is 1.99. The minimum Gasteiger partial charge on any atom is -0.307 e. The molecule has 7 heteroatoms. The zero-order valence-corrected chi connectivity index (χ0v) is 10.1. The summed E-state index contributed by atoms with van der Waals surface area (Å²) in [7, 11) is 0. The molecule has 0 N–H and O–H groups in total. The first-order valence-electron chi connectivity index (χ1n) is 4.22. The molecule has 0 aliphatic heterocycles. The molecule has 0 bridgehead atoms. The number of nitrogens with zero attached hydrogens (tertiary/aromatic N) is 4. The minimum atomic E-state index is -0.418. The van der Waals surface area contributed by atoms with E-state index < -0.39 is 6.09 Å². The van der Waals surface area contributed by atoms with E-state index in [9.17, 15) is 4.79 Å². The third-order valence-electron chi connectivity index (χ3n) is 1.67. The molecule has 1 aromatic heterocycles. The average Bonchev–Trinajstić information content (AvgIpc) is 2.54. The second kappa shape index (κ2) is 5.13. The summed E-state index contributed by atoms with van der Waals surface area (Å²) in [5.41, 5.74) is 0. The summed E-state index contributed by atoms with van der Waals surface area (Å²) in [6, 6.07) is 0. The average molecular weight is 310 g/mol. The van der Waals surface area contributed by atoms with Gasteiger partial charge in [0.05, 0.1) is 6.20 Å². The summed E-state index contributed by atoms with van der Waals surface area (Å²) in [6.07, 6.45) is 1.09. The summed E-state index contributed by atoms with van der Waals surface area (Å²) in [4.78, 5) is 19.0. The summed E-state index contributed by atoms with van der Waals surface area (Å²) < 4.78 is 0.656. The molecule has 1 heterocycles. The van der Waals surface area contributed by atoms with E-state index in [1.807, 2.05) is 36.4 Å². The molecule has 1 aromatic rings. The van der Waals surface area contributed by atoms with Crippen molar-refractivity contribution >= 4 is 28.7 Å². The Balaban J connectivity index is 2.61. The largest absolute Gasteiger partial charge is 0.435 e. The lowest BCUT2D eigenvalue weighted by molar-refractivity contribution is 0.0764. The van der Waals surface area contributed by atoms with Crippen LogP contribution in [0.15, 0.2) is 6.20 Å². The standard InChI is InChI=1S/C7H11IN4O2/c1-3-11(4-2)7(13)14-12-6(8)5-9-10-12/h5H,3-4H2,1-2H3. The monoisotopic (exact) mass is 310 g/mol. The van der Waals surface area contributed by atoms with Crippen molar-refractivity contribution in [3.8, 4) is 0 Å². The van der Waals surface area contributed by atoms with E-state index in [2.05, 4.69) is 10.3 Å². The molecule has 0 saturated heterocycles. The fourth-order valence-electron chi connectivity index (χ4n) is 0.888. The van der Waals surface area contributed by atoms with Gasteiger partial charge < -0.3 is 4.90 Å². The van der Waals surface area contributed by atoms with Crippen LogP contribution in [0.4, 0.5) is 4.79 Å². The zero-order valence-electron chi connectivity index (χ0n) is 7.97. The number of aromatic nitrogens is 3. The molecule has 0 atom stereocenters. The van der Waals surface area contributed by atoms with Gasteiger partial charge in [-0.1, -0.05) is 4.85 Å². The minimum absolute atomic E-state index is 0.418. The number of hydrogen-bond acceptors (Lipinski definition) is 4. The molecule has 0 spiro atoms. The molecule has 0 radical (unpaired) electrons. The fraction of sp³-hybridized carbons (Fsp3) is 0.571. The number of halogens is 1. The van der Waals surface area contributed by atoms with Gasteiger partial charge in [-0.05, 0) is 41.7 Å². The zero-order chi connectivity index (χ0) is 10.6. The first-order valence-corrected chi connectivity index (χ1v) is 5.30. The van der Waals surface area contributed by atoms with Crippen LogP contribution in [0, 0.1) is 3.70 Å². The van der Waals surface area contributed by atoms with Gasteiger partial charge in [0, 0.05) is 13.1 Å². The van der Waals surface area contributed by atoms with Crippen LogP contribution >= 0.6 is 22.6 Å². The normalized spacial score (nSPS) is 9.93. The molecule has 0 fully saturated rings. The van der Waals surface area contributed by atoms with Gasteiger partial charge in [0.25, 0.3) is 0 Å². The third kappa shape index (κ3) is 2.56. The molecule has 1 rings (SSSR count). The number of carbonyl (C=O) groups is 1. The van der Waals surface area contributed by atoms with Crippen LogP contribution in [0.2, 0.25) is 0 Å². The molecule has 0 aliphatic rings. The van der Waals surface area contributed by atoms with Crippen molar-refractivity contribution in [3.63, 3.8) is 0 Å². The second-order valence-electron chi connectivity index (χ2n) is 2.46. The van der Waals surface area contributed by atoms with Crippen molar-refractivity contribution in [3.05, 3.63) is 9.90 Å². The highest BCUT2D eigenvalue weighted by atomic mass is 127. The van der Waals surface area contributed by atoms with Crippen LogP contribution in [0.25, 0.3) is 0 Å². The van der Waals surface area contributed by atoms with Crippen molar-refractivity contribution in [2.24, 2.45) is 0 Å². The fourth-order valence-corrected chi connectivity index (χ4v) is 1.21. The van der Waals surface area contributed by atoms with Gasteiger partial charge in [0.2, 0.25) is 0 Å². The van der Waals surface area contributed by atoms with E-state index >= 15 is 0 Å². The van der Waals surface area contributed by atoms with Gasteiger partial charge in [-0.3, -0.25) is 4.84 Å². The Kier molecular flexibility index (Phi) is 4.11. The molecular formula is C7H11IN4O2. The number of carbonyl (C=O) groups excluding carboxylic acids is 1. The highest BCUT2D eigenvalue weighted by Gasteiger charge is 2.13. The van der Waals surface area contributed by atoms with E-state index in [0.717, 1.165) is 4.85 Å². The van der Waals surface area contributed by atoms with Gasteiger partial charge in [-0.2, -0.15) is 0 Å². The Morgan fingerprint density at radius 3 is 2.71 bits per heavy atom. The van der Waals surface area contributed by atoms with Gasteiger partial charge in [0.15, 0.2) is 3.70 Å². The van der Waals surface area contributed by atoms with Crippen LogP contribution < -0.4 is 4.84 Å². The Bertz CT molecular complexity index is 310. The molecule has 78 valence electrons. The first kappa shape index (κ1) is 11.2. The molecule has 0 aliphatic carbocycles. The maximum atomic E-state index is 11.4. The molecule has 0 aromatic carbocycles. The van der Waals surface area contributed by atoms with E-state index in [0.29, 0.717) is 16.8 Å². The maximum absolute atomic E-state index is 11.4. The van der Waals surface area contributed by atoms with E-state index in [1.54, 1.807) is 4.90 Å². The Morgan fingerprint density at radius 1 is 1.64 bits per heavy atom. The van der Waals surface area contributed by atoms with Crippen molar-refractivity contribution in [1.29, 1.82) is 0 Å². The lowest BCUT2D eigenvalue weighted by Crippen LogP contribution is -2.37. The van der Waals surface area contributed by atoms with Crippen LogP contribution in [0.1, 0.15) is 13.8 Å². The Morgan fingerprint density at radius 2 is 2.29 bits per heavy atom. The summed E-state index contributed by atoms with van der Waals surface area (Å²) in [5.74, 6) is 0. The van der Waals surface area contributed by atoms with Gasteiger partial charge in [-0.15, -0.1) is 5.10 Å². The predicted octanol–water partition coefficient (Wildman–Crippen LogP) is 0.773. The summed E-state index contributed by atoms with van der Waals surface area (Å²) in [6.45, 7) is 5.00. The Labute approximate surface area is 95.3 Å². The van der Waals surface area contributed by atoms with Gasteiger partial charge in [-0.25, -0.2) is 4.79 Å². The summed E-state index contributed by atoms with van der Waals surface area (Å²) in [5, 5.41) is 7.19. The van der Waals surface area contributed by atoms with E-state index in [-0.39, 0.29) is 0 Å². The molecule has 1 amide bonds. The van der Waals surface area contributed by atoms with E-state index in [1.165, 1.54) is 6.20 Å². The van der Waals surface area contributed by atoms with Crippen LogP contribution in [0.3, 0.4) is 0 Å². The molecular weight excluding hydrogens is 299 g/mol. The Hall–Kier alpha value is -0.860.